The highest BCUT2D eigenvalue weighted by Gasteiger charge is 2.41. The van der Waals surface area contributed by atoms with Crippen LogP contribution in [0.5, 0.6) is 0 Å². The minimum Gasteiger partial charge on any atom is -0.352 e. The maximum atomic E-state index is 6.47. The van der Waals surface area contributed by atoms with Crippen LogP contribution in [0.1, 0.15) is 46.0 Å². The summed E-state index contributed by atoms with van der Waals surface area (Å²) >= 11 is 12.3. The third kappa shape index (κ3) is 3.97. The minimum atomic E-state index is -0.0770. The fourth-order valence-electron chi connectivity index (χ4n) is 4.88. The van der Waals surface area contributed by atoms with Crippen molar-refractivity contribution in [1.29, 1.82) is 0 Å². The van der Waals surface area contributed by atoms with E-state index >= 15 is 0 Å². The lowest BCUT2D eigenvalue weighted by Gasteiger charge is -2.28. The van der Waals surface area contributed by atoms with Crippen molar-refractivity contribution >= 4 is 28.9 Å². The summed E-state index contributed by atoms with van der Waals surface area (Å²) in [5.74, 6) is 0. The molecule has 7 heteroatoms. The molecule has 2 atom stereocenters. The van der Waals surface area contributed by atoms with Crippen molar-refractivity contribution in [1.82, 2.24) is 24.8 Å². The molecule has 1 aliphatic rings. The van der Waals surface area contributed by atoms with Crippen LogP contribution in [0.15, 0.2) is 73.1 Å². The quantitative estimate of drug-likeness (QED) is 0.349. The fourth-order valence-corrected chi connectivity index (χ4v) is 5.35. The number of thiocarbonyl (C=S) groups is 1. The largest absolute Gasteiger partial charge is 0.352 e. The number of nitrogens with one attached hydrogen (secondary N) is 1. The van der Waals surface area contributed by atoms with Gasteiger partial charge >= 0.3 is 0 Å². The molecule has 1 aliphatic heterocycles. The zero-order valence-corrected chi connectivity index (χ0v) is 20.9. The normalized spacial score (nSPS) is 17.8. The summed E-state index contributed by atoms with van der Waals surface area (Å²) in [6, 6.07) is 20.2. The highest BCUT2D eigenvalue weighted by atomic mass is 35.5. The maximum Gasteiger partial charge on any atom is 0.170 e. The van der Waals surface area contributed by atoms with Crippen LogP contribution in [0.4, 0.5) is 0 Å². The number of hydrogen-bond donors (Lipinski definition) is 1. The van der Waals surface area contributed by atoms with Gasteiger partial charge in [0.2, 0.25) is 0 Å². The minimum absolute atomic E-state index is 0.0381. The van der Waals surface area contributed by atoms with E-state index in [-0.39, 0.29) is 12.1 Å². The predicted molar refractivity (Wildman–Crippen MR) is 140 cm³/mol. The highest BCUT2D eigenvalue weighted by molar-refractivity contribution is 7.80. The van der Waals surface area contributed by atoms with Crippen molar-refractivity contribution in [3.8, 4) is 5.69 Å². The zero-order chi connectivity index (χ0) is 23.8. The van der Waals surface area contributed by atoms with E-state index in [0.29, 0.717) is 11.7 Å². The third-order valence-electron chi connectivity index (χ3n) is 6.53. The third-order valence-corrected chi connectivity index (χ3v) is 7.29. The summed E-state index contributed by atoms with van der Waals surface area (Å²) < 4.78 is 2.28. The van der Waals surface area contributed by atoms with Gasteiger partial charge in [-0.3, -0.25) is 9.97 Å². The van der Waals surface area contributed by atoms with Crippen molar-refractivity contribution in [2.45, 2.75) is 39.4 Å². The number of pyridine rings is 2. The Balaban J connectivity index is 1.64. The lowest BCUT2D eigenvalue weighted by molar-refractivity contribution is 0.307. The SMILES string of the molecule is Cc1c(Cl)cccc1-n1c(C)cc([C@H]2[C@@H](c3ccccn3)NC(=S)N2Cc2ccccn2)c1C. The smallest absolute Gasteiger partial charge is 0.170 e. The average molecular weight is 488 g/mol. The van der Waals surface area contributed by atoms with Crippen LogP contribution in [0, 0.1) is 20.8 Å². The van der Waals surface area contributed by atoms with Crippen LogP contribution in [0.3, 0.4) is 0 Å². The Hall–Kier alpha value is -3.22. The van der Waals surface area contributed by atoms with Crippen molar-refractivity contribution in [3.63, 3.8) is 0 Å². The Morgan fingerprint density at radius 2 is 1.74 bits per heavy atom. The van der Waals surface area contributed by atoms with Crippen molar-refractivity contribution < 1.29 is 0 Å². The molecule has 3 aromatic heterocycles. The summed E-state index contributed by atoms with van der Waals surface area (Å²) in [7, 11) is 0. The van der Waals surface area contributed by atoms with Crippen LogP contribution < -0.4 is 5.32 Å². The predicted octanol–water partition coefficient (Wildman–Crippen LogP) is 6.02. The standard InChI is InChI=1S/C27H26ClN5S/c1-17-15-21(19(3)33(17)24-12-8-10-22(28)18(24)2)26-25(23-11-5-7-14-30-23)31-27(34)32(26)16-20-9-4-6-13-29-20/h4-15,25-26H,16H2,1-3H3,(H,31,34)/t25-,26+/m1/s1. The Kier molecular flexibility index (Phi) is 6.11. The monoisotopic (exact) mass is 487 g/mol. The molecule has 0 unspecified atom stereocenters. The summed E-state index contributed by atoms with van der Waals surface area (Å²) in [6.07, 6.45) is 3.65. The summed E-state index contributed by atoms with van der Waals surface area (Å²) in [6.45, 7) is 6.97. The van der Waals surface area contributed by atoms with Crippen molar-refractivity contribution in [3.05, 3.63) is 112 Å². The average Bonchev–Trinajstić information content (AvgIpc) is 3.32. The Morgan fingerprint density at radius 1 is 0.971 bits per heavy atom. The Bertz CT molecular complexity index is 1340. The van der Waals surface area contributed by atoms with E-state index in [1.54, 1.807) is 0 Å². The number of rotatable bonds is 5. The van der Waals surface area contributed by atoms with E-state index < -0.39 is 0 Å². The fraction of sp³-hybridized carbons (Fsp3) is 0.222. The number of aromatic nitrogens is 3. The Labute approximate surface area is 210 Å². The van der Waals surface area contributed by atoms with Gasteiger partial charge in [-0.05, 0) is 86.6 Å². The van der Waals surface area contributed by atoms with Gasteiger partial charge in [0.15, 0.2) is 5.11 Å². The first-order chi connectivity index (χ1) is 16.5. The molecule has 5 rings (SSSR count). The first-order valence-corrected chi connectivity index (χ1v) is 12.1. The first kappa shape index (κ1) is 22.6. The van der Waals surface area contributed by atoms with E-state index in [9.17, 15) is 0 Å². The topological polar surface area (TPSA) is 46.0 Å². The second-order valence-electron chi connectivity index (χ2n) is 8.62. The molecule has 0 bridgehead atoms. The van der Waals surface area contributed by atoms with Crippen LogP contribution in [-0.4, -0.2) is 24.5 Å². The van der Waals surface area contributed by atoms with Gasteiger partial charge in [0.05, 0.1) is 30.0 Å². The van der Waals surface area contributed by atoms with Crippen LogP contribution in [0.25, 0.3) is 5.69 Å². The van der Waals surface area contributed by atoms with Gasteiger partial charge < -0.3 is 14.8 Å². The molecule has 5 nitrogen and oxygen atoms in total. The second-order valence-corrected chi connectivity index (χ2v) is 9.42. The molecule has 0 saturated carbocycles. The molecule has 0 spiro atoms. The highest BCUT2D eigenvalue weighted by Crippen LogP contribution is 2.42. The molecule has 172 valence electrons. The van der Waals surface area contributed by atoms with Crippen LogP contribution >= 0.6 is 23.8 Å². The summed E-state index contributed by atoms with van der Waals surface area (Å²) in [4.78, 5) is 11.4. The van der Waals surface area contributed by atoms with Crippen molar-refractivity contribution in [2.75, 3.05) is 0 Å². The van der Waals surface area contributed by atoms with Gasteiger partial charge in [0, 0.05) is 34.5 Å². The second kappa shape index (κ2) is 9.20. The van der Waals surface area contributed by atoms with Gasteiger partial charge in [-0.15, -0.1) is 0 Å². The summed E-state index contributed by atoms with van der Waals surface area (Å²) in [5.41, 5.74) is 7.59. The number of aryl methyl sites for hydroxylation is 1. The number of benzene rings is 1. The van der Waals surface area contributed by atoms with E-state index in [1.807, 2.05) is 54.9 Å². The molecular weight excluding hydrogens is 462 g/mol. The van der Waals surface area contributed by atoms with E-state index in [4.69, 9.17) is 23.8 Å². The maximum absolute atomic E-state index is 6.47. The lowest BCUT2D eigenvalue weighted by Crippen LogP contribution is -2.29. The molecule has 1 saturated heterocycles. The molecular formula is C27H26ClN5S. The molecule has 0 radical (unpaired) electrons. The molecule has 1 aromatic carbocycles. The van der Waals surface area contributed by atoms with Gasteiger partial charge in [-0.25, -0.2) is 0 Å². The number of halogens is 1. The lowest BCUT2D eigenvalue weighted by atomic mass is 9.96. The van der Waals surface area contributed by atoms with E-state index in [2.05, 4.69) is 63.7 Å². The molecule has 0 aliphatic carbocycles. The molecule has 4 aromatic rings. The summed E-state index contributed by atoms with van der Waals surface area (Å²) in [5, 5.41) is 5.01. The van der Waals surface area contributed by atoms with E-state index in [0.717, 1.165) is 39.0 Å². The zero-order valence-electron chi connectivity index (χ0n) is 19.4. The van der Waals surface area contributed by atoms with Gasteiger partial charge in [0.25, 0.3) is 0 Å². The first-order valence-electron chi connectivity index (χ1n) is 11.3. The van der Waals surface area contributed by atoms with E-state index in [1.165, 1.54) is 5.56 Å². The molecule has 4 heterocycles. The number of hydrogen-bond acceptors (Lipinski definition) is 3. The van der Waals surface area contributed by atoms with Gasteiger partial charge in [0.1, 0.15) is 0 Å². The Morgan fingerprint density at radius 3 is 2.44 bits per heavy atom. The van der Waals surface area contributed by atoms with Crippen LogP contribution in [0.2, 0.25) is 5.02 Å². The molecule has 1 fully saturated rings. The van der Waals surface area contributed by atoms with Gasteiger partial charge in [-0.1, -0.05) is 29.8 Å². The van der Waals surface area contributed by atoms with Crippen molar-refractivity contribution in [2.24, 2.45) is 0 Å². The molecule has 34 heavy (non-hydrogen) atoms. The molecule has 1 N–H and O–H groups in total. The molecule has 0 amide bonds. The number of nitrogens with zero attached hydrogens (tertiary/aromatic N) is 4. The van der Waals surface area contributed by atoms with Crippen LogP contribution in [-0.2, 0) is 6.54 Å². The van der Waals surface area contributed by atoms with Gasteiger partial charge in [-0.2, -0.15) is 0 Å².